The highest BCUT2D eigenvalue weighted by Crippen LogP contribution is 2.13. The van der Waals surface area contributed by atoms with Crippen LogP contribution in [0.15, 0.2) is 34.4 Å². The summed E-state index contributed by atoms with van der Waals surface area (Å²) in [6.45, 7) is 6.01. The Bertz CT molecular complexity index is 933. The summed E-state index contributed by atoms with van der Waals surface area (Å²) < 4.78 is 28.9. The van der Waals surface area contributed by atoms with Gasteiger partial charge in [-0.25, -0.2) is 22.8 Å². The zero-order chi connectivity index (χ0) is 20.7. The molecule has 0 spiro atoms. The Morgan fingerprint density at radius 1 is 1.37 bits per heavy atom. The SMILES string of the molecule is CCNC(=NCCNS(=O)(=O)c1cccnc1)NC1CCc2nc(CC)nn2C1.I. The van der Waals surface area contributed by atoms with Crippen molar-refractivity contribution in [2.45, 2.75) is 50.6 Å². The monoisotopic (exact) mass is 548 g/mol. The van der Waals surface area contributed by atoms with Crippen LogP contribution in [0, 0.1) is 0 Å². The third-order valence-corrected chi connectivity index (χ3v) is 5.97. The molecule has 2 aromatic rings. The molecule has 0 fully saturated rings. The molecular weight excluding hydrogens is 519 g/mol. The number of rotatable bonds is 8. The number of halogens is 1. The van der Waals surface area contributed by atoms with Crippen LogP contribution in [0.25, 0.3) is 0 Å². The van der Waals surface area contributed by atoms with E-state index in [2.05, 4.69) is 42.3 Å². The van der Waals surface area contributed by atoms with E-state index in [1.807, 2.05) is 11.6 Å². The van der Waals surface area contributed by atoms with E-state index < -0.39 is 10.0 Å². The molecule has 3 N–H and O–H groups in total. The number of hydrogen-bond donors (Lipinski definition) is 3. The molecule has 0 saturated heterocycles. The van der Waals surface area contributed by atoms with Gasteiger partial charge < -0.3 is 10.6 Å². The summed E-state index contributed by atoms with van der Waals surface area (Å²) >= 11 is 0. The molecule has 0 radical (unpaired) electrons. The van der Waals surface area contributed by atoms with Gasteiger partial charge in [-0.05, 0) is 25.5 Å². The highest BCUT2D eigenvalue weighted by molar-refractivity contribution is 14.0. The van der Waals surface area contributed by atoms with Crippen molar-refractivity contribution in [2.24, 2.45) is 4.99 Å². The third kappa shape index (κ3) is 6.60. The zero-order valence-corrected chi connectivity index (χ0v) is 20.4. The average molecular weight is 548 g/mol. The number of aliphatic imine (C=N–C) groups is 1. The minimum Gasteiger partial charge on any atom is -0.357 e. The number of aromatic nitrogens is 4. The van der Waals surface area contributed by atoms with Gasteiger partial charge in [-0.2, -0.15) is 5.10 Å². The Labute approximate surface area is 194 Å². The molecule has 2 aromatic heterocycles. The van der Waals surface area contributed by atoms with Crippen molar-refractivity contribution in [3.8, 4) is 0 Å². The van der Waals surface area contributed by atoms with E-state index in [-0.39, 0.29) is 41.5 Å². The van der Waals surface area contributed by atoms with E-state index in [0.717, 1.165) is 37.5 Å². The van der Waals surface area contributed by atoms with Crippen molar-refractivity contribution in [1.82, 2.24) is 35.1 Å². The Kier molecular flexibility index (Phi) is 9.42. The number of pyridine rings is 1. The van der Waals surface area contributed by atoms with Crippen LogP contribution >= 0.6 is 24.0 Å². The van der Waals surface area contributed by atoms with Crippen molar-refractivity contribution in [3.63, 3.8) is 0 Å². The number of guanidine groups is 1. The van der Waals surface area contributed by atoms with Crippen molar-refractivity contribution in [3.05, 3.63) is 36.2 Å². The maximum Gasteiger partial charge on any atom is 0.242 e. The molecule has 1 unspecified atom stereocenters. The van der Waals surface area contributed by atoms with E-state index in [9.17, 15) is 8.42 Å². The Hall–Kier alpha value is -1.80. The topological polar surface area (TPSA) is 126 Å². The van der Waals surface area contributed by atoms with E-state index in [1.165, 1.54) is 18.5 Å². The number of sulfonamides is 1. The molecule has 0 aliphatic carbocycles. The van der Waals surface area contributed by atoms with Crippen LogP contribution in [-0.4, -0.2) is 59.8 Å². The smallest absolute Gasteiger partial charge is 0.242 e. The first kappa shape index (κ1) is 24.5. The molecule has 1 atom stereocenters. The number of hydrogen-bond acceptors (Lipinski definition) is 6. The molecule has 3 rings (SSSR count). The van der Waals surface area contributed by atoms with E-state index >= 15 is 0 Å². The molecule has 3 heterocycles. The van der Waals surface area contributed by atoms with Gasteiger partial charge in [-0.15, -0.1) is 24.0 Å². The largest absolute Gasteiger partial charge is 0.357 e. The van der Waals surface area contributed by atoms with Crippen molar-refractivity contribution < 1.29 is 8.42 Å². The molecule has 12 heteroatoms. The lowest BCUT2D eigenvalue weighted by Gasteiger charge is -2.25. The van der Waals surface area contributed by atoms with Gasteiger partial charge in [0.25, 0.3) is 0 Å². The molecular formula is C18H29IN8O2S. The molecule has 30 heavy (non-hydrogen) atoms. The van der Waals surface area contributed by atoms with Gasteiger partial charge in [-0.1, -0.05) is 6.92 Å². The van der Waals surface area contributed by atoms with Crippen LogP contribution in [0.3, 0.4) is 0 Å². The highest BCUT2D eigenvalue weighted by atomic mass is 127. The summed E-state index contributed by atoms with van der Waals surface area (Å²) in [5.41, 5.74) is 0. The van der Waals surface area contributed by atoms with Crippen LogP contribution < -0.4 is 15.4 Å². The maximum absolute atomic E-state index is 12.2. The number of nitrogens with zero attached hydrogens (tertiary/aromatic N) is 5. The van der Waals surface area contributed by atoms with Gasteiger partial charge in [-0.3, -0.25) is 9.98 Å². The van der Waals surface area contributed by atoms with Crippen molar-refractivity contribution >= 4 is 40.0 Å². The standard InChI is InChI=1S/C18H28N8O2S.HI/c1-3-16-24-17-8-7-14(13-26(17)25-16)23-18(20-4-2)21-10-11-22-29(27,28)15-6-5-9-19-12-15;/h5-6,9,12,14,22H,3-4,7-8,10-11,13H2,1-2H3,(H2,20,21,23);1H. The Morgan fingerprint density at radius 3 is 2.90 bits per heavy atom. The summed E-state index contributed by atoms with van der Waals surface area (Å²) in [6.07, 6.45) is 5.50. The summed E-state index contributed by atoms with van der Waals surface area (Å²) in [5.74, 6) is 2.58. The molecule has 1 aliphatic heterocycles. The first-order valence-electron chi connectivity index (χ1n) is 9.89. The zero-order valence-electron chi connectivity index (χ0n) is 17.2. The predicted octanol–water partition coefficient (Wildman–Crippen LogP) is 0.702. The molecule has 166 valence electrons. The lowest BCUT2D eigenvalue weighted by molar-refractivity contribution is 0.392. The minimum absolute atomic E-state index is 0. The summed E-state index contributed by atoms with van der Waals surface area (Å²) in [4.78, 5) is 13.0. The molecule has 0 bridgehead atoms. The second kappa shape index (κ2) is 11.6. The van der Waals surface area contributed by atoms with Crippen LogP contribution in [0.4, 0.5) is 0 Å². The Balaban J connectivity index is 0.00000320. The number of nitrogens with one attached hydrogen (secondary N) is 3. The van der Waals surface area contributed by atoms with Gasteiger partial charge in [0.2, 0.25) is 10.0 Å². The summed E-state index contributed by atoms with van der Waals surface area (Å²) in [6, 6.07) is 3.29. The lowest BCUT2D eigenvalue weighted by atomic mass is 10.1. The fourth-order valence-electron chi connectivity index (χ4n) is 3.08. The molecule has 0 aromatic carbocycles. The van der Waals surface area contributed by atoms with E-state index in [0.29, 0.717) is 19.0 Å². The van der Waals surface area contributed by atoms with Crippen LogP contribution in [-0.2, 0) is 29.4 Å². The van der Waals surface area contributed by atoms with E-state index in [4.69, 9.17) is 0 Å². The predicted molar refractivity (Wildman–Crippen MR) is 125 cm³/mol. The van der Waals surface area contributed by atoms with Gasteiger partial charge >= 0.3 is 0 Å². The fraction of sp³-hybridized carbons (Fsp3) is 0.556. The second-order valence-electron chi connectivity index (χ2n) is 6.71. The lowest BCUT2D eigenvalue weighted by Crippen LogP contribution is -2.47. The third-order valence-electron chi connectivity index (χ3n) is 4.52. The first-order valence-corrected chi connectivity index (χ1v) is 11.4. The van der Waals surface area contributed by atoms with Crippen LogP contribution in [0.2, 0.25) is 0 Å². The summed E-state index contributed by atoms with van der Waals surface area (Å²) in [5, 5.41) is 11.2. The average Bonchev–Trinajstić information content (AvgIpc) is 3.14. The first-order chi connectivity index (χ1) is 14.0. The van der Waals surface area contributed by atoms with Crippen LogP contribution in [0.1, 0.15) is 31.9 Å². The number of fused-ring (bicyclic) bond motifs is 1. The molecule has 1 aliphatic rings. The highest BCUT2D eigenvalue weighted by Gasteiger charge is 2.22. The van der Waals surface area contributed by atoms with Crippen molar-refractivity contribution in [2.75, 3.05) is 19.6 Å². The maximum atomic E-state index is 12.2. The van der Waals surface area contributed by atoms with Crippen LogP contribution in [0.5, 0.6) is 0 Å². The van der Waals surface area contributed by atoms with Gasteiger partial charge in [0.15, 0.2) is 11.8 Å². The molecule has 10 nitrogen and oxygen atoms in total. The second-order valence-corrected chi connectivity index (χ2v) is 8.47. The quantitative estimate of drug-likeness (QED) is 0.192. The van der Waals surface area contributed by atoms with Gasteiger partial charge in [0.1, 0.15) is 10.7 Å². The van der Waals surface area contributed by atoms with Gasteiger partial charge in [0.05, 0.1) is 13.1 Å². The van der Waals surface area contributed by atoms with E-state index in [1.54, 1.807) is 6.07 Å². The fourth-order valence-corrected chi connectivity index (χ4v) is 4.06. The molecule has 0 amide bonds. The van der Waals surface area contributed by atoms with Crippen molar-refractivity contribution in [1.29, 1.82) is 0 Å². The minimum atomic E-state index is -3.57. The number of aryl methyl sites for hydroxylation is 2. The molecule has 0 saturated carbocycles. The normalized spacial score (nSPS) is 16.5. The van der Waals surface area contributed by atoms with Gasteiger partial charge in [0, 0.05) is 44.4 Å². The summed E-state index contributed by atoms with van der Waals surface area (Å²) in [7, 11) is -3.57. The Morgan fingerprint density at radius 2 is 2.20 bits per heavy atom.